The molecular weight excluding hydrogens is 184 g/mol. The van der Waals surface area contributed by atoms with Gasteiger partial charge in [0, 0.05) is 18.1 Å². The smallest absolute Gasteiger partial charge is 0.202 e. The first-order valence-corrected chi connectivity index (χ1v) is 5.27. The van der Waals surface area contributed by atoms with E-state index >= 15 is 0 Å². The van der Waals surface area contributed by atoms with Crippen molar-refractivity contribution in [2.75, 3.05) is 11.9 Å². The molecule has 1 saturated carbocycles. The number of anilines is 1. The van der Waals surface area contributed by atoms with Gasteiger partial charge in [-0.1, -0.05) is 0 Å². The van der Waals surface area contributed by atoms with Gasteiger partial charge >= 0.3 is 0 Å². The Morgan fingerprint density at radius 1 is 1.77 bits per heavy atom. The van der Waals surface area contributed by atoms with E-state index in [0.29, 0.717) is 12.5 Å². The Labute approximate surface area is 81.7 Å². The monoisotopic (exact) mass is 198 g/mol. The van der Waals surface area contributed by atoms with E-state index in [2.05, 4.69) is 21.6 Å². The maximum absolute atomic E-state index is 5.76. The van der Waals surface area contributed by atoms with E-state index in [-0.39, 0.29) is 5.54 Å². The maximum atomic E-state index is 5.76. The molecule has 0 amide bonds. The fourth-order valence-electron chi connectivity index (χ4n) is 1.51. The van der Waals surface area contributed by atoms with Crippen LogP contribution in [0.1, 0.15) is 19.8 Å². The Kier molecular flexibility index (Phi) is 2.21. The van der Waals surface area contributed by atoms with Crippen molar-refractivity contribution in [1.29, 1.82) is 0 Å². The second kappa shape index (κ2) is 3.23. The normalized spacial score (nSPS) is 21.1. The van der Waals surface area contributed by atoms with Gasteiger partial charge < -0.3 is 11.1 Å². The molecule has 1 fully saturated rings. The molecule has 0 aromatic carbocycles. The van der Waals surface area contributed by atoms with E-state index in [1.807, 2.05) is 0 Å². The van der Waals surface area contributed by atoms with Gasteiger partial charge in [0.05, 0.1) is 5.54 Å². The molecule has 0 saturated heterocycles. The number of rotatable bonds is 4. The summed E-state index contributed by atoms with van der Waals surface area (Å²) in [7, 11) is 0. The molecule has 1 aromatic heterocycles. The molecule has 1 aliphatic rings. The van der Waals surface area contributed by atoms with E-state index in [1.54, 1.807) is 6.33 Å². The lowest BCUT2D eigenvalue weighted by molar-refractivity contribution is 0.459. The third-order valence-corrected chi connectivity index (χ3v) is 3.24. The van der Waals surface area contributed by atoms with Crippen LogP contribution in [-0.2, 0) is 0 Å². The number of aromatic nitrogens is 2. The Morgan fingerprint density at radius 2 is 2.54 bits per heavy atom. The molecule has 72 valence electrons. The van der Waals surface area contributed by atoms with Crippen molar-refractivity contribution in [3.8, 4) is 0 Å². The first-order chi connectivity index (χ1) is 6.24. The van der Waals surface area contributed by atoms with Crippen LogP contribution in [0.25, 0.3) is 0 Å². The molecule has 0 aliphatic heterocycles. The summed E-state index contributed by atoms with van der Waals surface area (Å²) in [5.41, 5.74) is 5.77. The minimum Gasteiger partial charge on any atom is -0.354 e. The minimum atomic E-state index is 0.0134. The topological polar surface area (TPSA) is 63.8 Å². The van der Waals surface area contributed by atoms with Crippen molar-refractivity contribution >= 4 is 16.7 Å². The molecule has 5 heteroatoms. The van der Waals surface area contributed by atoms with Crippen molar-refractivity contribution in [2.45, 2.75) is 25.3 Å². The van der Waals surface area contributed by atoms with Crippen LogP contribution in [0.3, 0.4) is 0 Å². The Hall–Kier alpha value is -0.680. The van der Waals surface area contributed by atoms with Gasteiger partial charge in [-0.3, -0.25) is 0 Å². The molecule has 3 N–H and O–H groups in total. The lowest BCUT2D eigenvalue weighted by Gasteiger charge is -2.28. The molecule has 0 radical (unpaired) electrons. The Morgan fingerprint density at radius 3 is 3.00 bits per heavy atom. The lowest BCUT2D eigenvalue weighted by Crippen LogP contribution is -2.44. The van der Waals surface area contributed by atoms with Crippen LogP contribution in [0.15, 0.2) is 6.33 Å². The summed E-state index contributed by atoms with van der Waals surface area (Å²) in [6.45, 7) is 2.81. The van der Waals surface area contributed by atoms with Crippen LogP contribution in [-0.4, -0.2) is 21.4 Å². The molecule has 1 aliphatic carbocycles. The van der Waals surface area contributed by atoms with Gasteiger partial charge in [-0.2, -0.15) is 4.37 Å². The van der Waals surface area contributed by atoms with E-state index in [4.69, 9.17) is 5.73 Å². The van der Waals surface area contributed by atoms with E-state index in [1.165, 1.54) is 24.4 Å². The predicted octanol–water partition coefficient (Wildman–Crippen LogP) is 1.08. The summed E-state index contributed by atoms with van der Waals surface area (Å²) in [5.74, 6) is 0.710. The van der Waals surface area contributed by atoms with Gasteiger partial charge in [-0.15, -0.1) is 0 Å². The predicted molar refractivity (Wildman–Crippen MR) is 53.7 cm³/mol. The van der Waals surface area contributed by atoms with Crippen molar-refractivity contribution in [3.63, 3.8) is 0 Å². The zero-order valence-electron chi connectivity index (χ0n) is 7.66. The van der Waals surface area contributed by atoms with Crippen LogP contribution in [0.5, 0.6) is 0 Å². The molecule has 1 aromatic rings. The highest BCUT2D eigenvalue weighted by molar-refractivity contribution is 7.09. The lowest BCUT2D eigenvalue weighted by atomic mass is 9.96. The van der Waals surface area contributed by atoms with Crippen LogP contribution in [0.4, 0.5) is 5.13 Å². The number of hydrogen-bond acceptors (Lipinski definition) is 5. The third kappa shape index (κ3) is 1.81. The summed E-state index contributed by atoms with van der Waals surface area (Å²) in [5, 5.41) is 4.24. The molecule has 13 heavy (non-hydrogen) atoms. The minimum absolute atomic E-state index is 0.0134. The Bertz CT molecular complexity index is 270. The quantitative estimate of drug-likeness (QED) is 0.760. The fraction of sp³-hybridized carbons (Fsp3) is 0.750. The molecule has 2 rings (SSSR count). The molecule has 4 nitrogen and oxygen atoms in total. The highest BCUT2D eigenvalue weighted by Gasteiger charge is 2.40. The van der Waals surface area contributed by atoms with Gasteiger partial charge in [-0.25, -0.2) is 4.98 Å². The summed E-state index contributed by atoms with van der Waals surface area (Å²) in [6.07, 6.45) is 4.12. The third-order valence-electron chi connectivity index (χ3n) is 2.66. The first kappa shape index (κ1) is 8.90. The van der Waals surface area contributed by atoms with Crippen molar-refractivity contribution in [3.05, 3.63) is 6.33 Å². The highest BCUT2D eigenvalue weighted by atomic mass is 32.1. The van der Waals surface area contributed by atoms with Crippen molar-refractivity contribution in [1.82, 2.24) is 9.36 Å². The second-order valence-corrected chi connectivity index (χ2v) is 4.55. The fourth-order valence-corrected chi connectivity index (χ4v) is 2.08. The maximum Gasteiger partial charge on any atom is 0.202 e. The second-order valence-electron chi connectivity index (χ2n) is 3.77. The number of nitrogens with one attached hydrogen (secondary N) is 1. The zero-order valence-corrected chi connectivity index (χ0v) is 8.47. The Balaban J connectivity index is 2.05. The van der Waals surface area contributed by atoms with Crippen molar-refractivity contribution in [2.24, 2.45) is 11.7 Å². The largest absolute Gasteiger partial charge is 0.354 e. The summed E-state index contributed by atoms with van der Waals surface area (Å²) in [6, 6.07) is 0. The van der Waals surface area contributed by atoms with Crippen LogP contribution in [0, 0.1) is 5.92 Å². The SMILES string of the molecule is CC(CN)(Nc1ncns1)C1CC1. The van der Waals surface area contributed by atoms with Crippen LogP contribution >= 0.6 is 11.5 Å². The summed E-state index contributed by atoms with van der Waals surface area (Å²) < 4.78 is 3.95. The summed E-state index contributed by atoms with van der Waals surface area (Å²) in [4.78, 5) is 4.10. The van der Waals surface area contributed by atoms with E-state index in [0.717, 1.165) is 5.13 Å². The van der Waals surface area contributed by atoms with E-state index in [9.17, 15) is 0 Å². The standard InChI is InChI=1S/C8H14N4S/c1-8(4-9,6-2-3-6)12-7-10-5-11-13-7/h5-6H,2-4,9H2,1H3,(H,10,11,12). The molecular formula is C8H14N4S. The highest BCUT2D eigenvalue weighted by Crippen LogP contribution is 2.40. The number of nitrogens with zero attached hydrogens (tertiary/aromatic N) is 2. The zero-order chi connectivity index (χ0) is 9.31. The molecule has 1 heterocycles. The van der Waals surface area contributed by atoms with Crippen LogP contribution < -0.4 is 11.1 Å². The van der Waals surface area contributed by atoms with Gasteiger partial charge in [0.25, 0.3) is 0 Å². The van der Waals surface area contributed by atoms with Gasteiger partial charge in [0.15, 0.2) is 0 Å². The number of nitrogens with two attached hydrogens (primary N) is 1. The first-order valence-electron chi connectivity index (χ1n) is 4.49. The average Bonchev–Trinajstić information content (AvgIpc) is 2.88. The molecule has 0 bridgehead atoms. The molecule has 0 spiro atoms. The van der Waals surface area contributed by atoms with E-state index < -0.39 is 0 Å². The van der Waals surface area contributed by atoms with Gasteiger partial charge in [0.1, 0.15) is 6.33 Å². The average molecular weight is 198 g/mol. The summed E-state index contributed by atoms with van der Waals surface area (Å²) >= 11 is 1.38. The molecule has 1 atom stereocenters. The number of hydrogen-bond donors (Lipinski definition) is 2. The molecule has 1 unspecified atom stereocenters. The van der Waals surface area contributed by atoms with Gasteiger partial charge in [0.2, 0.25) is 5.13 Å². The van der Waals surface area contributed by atoms with Gasteiger partial charge in [-0.05, 0) is 25.7 Å². The van der Waals surface area contributed by atoms with Crippen molar-refractivity contribution < 1.29 is 0 Å². The van der Waals surface area contributed by atoms with Crippen LogP contribution in [0.2, 0.25) is 0 Å².